The van der Waals surface area contributed by atoms with Gasteiger partial charge in [0.1, 0.15) is 17.6 Å². The van der Waals surface area contributed by atoms with Gasteiger partial charge in [0, 0.05) is 49.0 Å². The van der Waals surface area contributed by atoms with E-state index in [1.54, 1.807) is 18.2 Å². The van der Waals surface area contributed by atoms with Gasteiger partial charge in [0.2, 0.25) is 17.7 Å². The number of hydrogen-bond donors (Lipinski definition) is 3. The van der Waals surface area contributed by atoms with E-state index >= 15 is 0 Å². The Kier molecular flexibility index (Phi) is 8.83. The van der Waals surface area contributed by atoms with Crippen LogP contribution in [0.2, 0.25) is 5.02 Å². The third-order valence-corrected chi connectivity index (χ3v) is 9.48. The zero-order chi connectivity index (χ0) is 31.9. The maximum absolute atomic E-state index is 14.4. The number of carboxylic acids is 1. The summed E-state index contributed by atoms with van der Waals surface area (Å²) in [5.41, 5.74) is -1.77. The fraction of sp³-hybridized carbons (Fsp3) is 0.594. The zero-order valence-corrected chi connectivity index (χ0v) is 26.2. The van der Waals surface area contributed by atoms with Crippen LogP contribution in [0.1, 0.15) is 64.9 Å². The molecule has 3 amide bonds. The van der Waals surface area contributed by atoms with Crippen molar-refractivity contribution < 1.29 is 33.9 Å². The van der Waals surface area contributed by atoms with Gasteiger partial charge >= 0.3 is 5.97 Å². The van der Waals surface area contributed by atoms with E-state index in [1.807, 2.05) is 26.8 Å². The number of carbonyl (C=O) groups is 4. The third-order valence-electron chi connectivity index (χ3n) is 9.24. The molecule has 5 rings (SSSR count). The van der Waals surface area contributed by atoms with Crippen LogP contribution in [0.4, 0.5) is 0 Å². The summed E-state index contributed by atoms with van der Waals surface area (Å²) in [4.78, 5) is 61.0. The molecule has 3 fully saturated rings. The predicted molar refractivity (Wildman–Crippen MR) is 163 cm³/mol. The van der Waals surface area contributed by atoms with E-state index < -0.39 is 52.3 Å². The summed E-state index contributed by atoms with van der Waals surface area (Å²) in [5, 5.41) is 20.5. The number of aliphatic carboxylic acids is 1. The lowest BCUT2D eigenvalue weighted by atomic mass is 9.85. The minimum absolute atomic E-state index is 0.0326. The molecule has 0 bridgehead atoms. The molecule has 1 spiro atoms. The second-order valence-electron chi connectivity index (χ2n) is 13.6. The third kappa shape index (κ3) is 6.49. The number of oxime groups is 1. The maximum Gasteiger partial charge on any atom is 0.330 e. The molecule has 0 radical (unpaired) electrons. The van der Waals surface area contributed by atoms with Gasteiger partial charge in [-0.05, 0) is 42.7 Å². The quantitative estimate of drug-likeness (QED) is 0.356. The summed E-state index contributed by atoms with van der Waals surface area (Å²) >= 11 is 6.20. The number of nitrogens with one attached hydrogen (secondary N) is 2. The molecular formula is C32H41ClN4O7. The highest BCUT2D eigenvalue weighted by Crippen LogP contribution is 2.46. The van der Waals surface area contributed by atoms with Crippen LogP contribution in [0.25, 0.3) is 0 Å². The first-order valence-electron chi connectivity index (χ1n) is 15.1. The number of nitrogens with zero attached hydrogens (tertiary/aromatic N) is 2. The van der Waals surface area contributed by atoms with Crippen molar-refractivity contribution in [3.05, 3.63) is 47.5 Å². The minimum Gasteiger partial charge on any atom is -0.479 e. The Labute approximate surface area is 262 Å². The van der Waals surface area contributed by atoms with E-state index in [0.29, 0.717) is 30.4 Å². The number of carbonyl (C=O) groups excluding carboxylic acids is 3. The van der Waals surface area contributed by atoms with E-state index in [2.05, 4.69) is 22.4 Å². The second kappa shape index (κ2) is 12.2. The predicted octanol–water partition coefficient (Wildman–Crippen LogP) is 3.30. The Morgan fingerprint density at radius 3 is 2.57 bits per heavy atom. The number of likely N-dealkylation sites (tertiary alicyclic amines) is 1. The molecule has 5 atom stereocenters. The van der Waals surface area contributed by atoms with Gasteiger partial charge in [0.05, 0.1) is 12.3 Å². The highest BCUT2D eigenvalue weighted by atomic mass is 35.5. The average molecular weight is 629 g/mol. The van der Waals surface area contributed by atoms with Crippen LogP contribution in [-0.4, -0.2) is 82.4 Å². The number of halogens is 1. The molecule has 2 saturated heterocycles. The van der Waals surface area contributed by atoms with E-state index in [-0.39, 0.29) is 37.6 Å². The van der Waals surface area contributed by atoms with Crippen LogP contribution in [0.3, 0.4) is 0 Å². The van der Waals surface area contributed by atoms with Crippen molar-refractivity contribution in [2.45, 2.75) is 82.5 Å². The molecular weight excluding hydrogens is 588 g/mol. The molecule has 4 aliphatic rings. The van der Waals surface area contributed by atoms with Crippen LogP contribution in [-0.2, 0) is 28.8 Å². The molecule has 3 heterocycles. The van der Waals surface area contributed by atoms with Crippen molar-refractivity contribution in [1.29, 1.82) is 0 Å². The lowest BCUT2D eigenvalue weighted by molar-refractivity contribution is -0.147. The summed E-state index contributed by atoms with van der Waals surface area (Å²) in [6.45, 7) is 10.5. The number of benzene rings is 1. The molecule has 3 N–H and O–H groups in total. The molecule has 11 nitrogen and oxygen atoms in total. The highest BCUT2D eigenvalue weighted by molar-refractivity contribution is 6.31. The molecule has 1 aromatic carbocycles. The van der Waals surface area contributed by atoms with E-state index in [9.17, 15) is 24.3 Å². The van der Waals surface area contributed by atoms with Crippen molar-refractivity contribution in [3.8, 4) is 0 Å². The number of carboxylic acid groups (broad SMARTS) is 1. The number of ether oxygens (including phenoxy) is 1. The second-order valence-corrected chi connectivity index (χ2v) is 14.1. The van der Waals surface area contributed by atoms with Crippen molar-refractivity contribution in [3.63, 3.8) is 0 Å². The van der Waals surface area contributed by atoms with Gasteiger partial charge in [-0.25, -0.2) is 4.79 Å². The Bertz CT molecular complexity index is 1370. The zero-order valence-electron chi connectivity index (χ0n) is 25.4. The first-order valence-corrected chi connectivity index (χ1v) is 15.5. The first-order chi connectivity index (χ1) is 20.8. The van der Waals surface area contributed by atoms with Gasteiger partial charge < -0.3 is 30.2 Å². The van der Waals surface area contributed by atoms with Gasteiger partial charge in [-0.3, -0.25) is 14.4 Å². The number of rotatable bonds is 9. The Morgan fingerprint density at radius 1 is 1.23 bits per heavy atom. The van der Waals surface area contributed by atoms with E-state index in [4.69, 9.17) is 21.2 Å². The monoisotopic (exact) mass is 628 g/mol. The van der Waals surface area contributed by atoms with Crippen molar-refractivity contribution >= 4 is 41.0 Å². The molecule has 44 heavy (non-hydrogen) atoms. The fourth-order valence-corrected chi connectivity index (χ4v) is 6.71. The number of hydrogen-bond acceptors (Lipinski definition) is 7. The normalized spacial score (nSPS) is 29.0. The van der Waals surface area contributed by atoms with Crippen molar-refractivity contribution in [1.82, 2.24) is 15.5 Å². The summed E-state index contributed by atoms with van der Waals surface area (Å²) in [6.07, 6.45) is 3.98. The summed E-state index contributed by atoms with van der Waals surface area (Å²) in [7, 11) is 0. The summed E-state index contributed by atoms with van der Waals surface area (Å²) in [6, 6.07) is 5.20. The van der Waals surface area contributed by atoms with Crippen molar-refractivity contribution in [2.24, 2.45) is 22.4 Å². The van der Waals surface area contributed by atoms with Gasteiger partial charge in [0.25, 0.3) is 0 Å². The summed E-state index contributed by atoms with van der Waals surface area (Å²) < 4.78 is 5.41. The Morgan fingerprint density at radius 2 is 1.95 bits per heavy atom. The smallest absolute Gasteiger partial charge is 0.330 e. The lowest BCUT2D eigenvalue weighted by Gasteiger charge is -2.36. The Hall–Kier alpha value is -3.44. The van der Waals surface area contributed by atoms with Crippen LogP contribution in [0.5, 0.6) is 0 Å². The fourth-order valence-electron chi connectivity index (χ4n) is 6.52. The lowest BCUT2D eigenvalue weighted by Crippen LogP contribution is -2.59. The molecule has 3 aliphatic heterocycles. The topological polar surface area (TPSA) is 147 Å². The molecule has 0 aromatic heterocycles. The molecule has 1 aromatic rings. The summed E-state index contributed by atoms with van der Waals surface area (Å²) in [5.74, 6) is -2.67. The Balaban J connectivity index is 1.40. The first kappa shape index (κ1) is 32.0. The molecule has 0 unspecified atom stereocenters. The van der Waals surface area contributed by atoms with E-state index in [1.165, 1.54) is 11.0 Å². The van der Waals surface area contributed by atoms with Crippen LogP contribution in [0, 0.1) is 17.3 Å². The number of amides is 3. The maximum atomic E-state index is 14.4. The molecule has 12 heteroatoms. The minimum atomic E-state index is -1.47. The van der Waals surface area contributed by atoms with Gasteiger partial charge in [-0.2, -0.15) is 0 Å². The molecule has 1 saturated carbocycles. The average Bonchev–Trinajstić information content (AvgIpc) is 3.34. The van der Waals surface area contributed by atoms with Gasteiger partial charge in [-0.15, -0.1) is 6.58 Å². The van der Waals surface area contributed by atoms with Crippen molar-refractivity contribution in [2.75, 3.05) is 19.8 Å². The van der Waals surface area contributed by atoms with Crippen LogP contribution >= 0.6 is 11.6 Å². The largest absolute Gasteiger partial charge is 0.479 e. The van der Waals surface area contributed by atoms with E-state index in [0.717, 1.165) is 18.4 Å². The molecule has 238 valence electrons. The molecule has 1 aliphatic carbocycles. The van der Waals surface area contributed by atoms with Gasteiger partial charge in [0.15, 0.2) is 5.60 Å². The highest BCUT2D eigenvalue weighted by Gasteiger charge is 2.62. The van der Waals surface area contributed by atoms with Gasteiger partial charge in [-0.1, -0.05) is 55.7 Å². The SMILES string of the molecule is C=C[C@@H]1C[C@]1(NC(=O)[C@@H]1C[C@]2(CC(c3cccc(Cl)c3)=NO2)CN1C(=O)[C@@H](NC(=O)CC1CCOCC1)C(C)(C)C)C(=O)O. The standard InChI is InChI=1S/C32H41ClN4O7/c1-5-21-15-32(21,29(41)42)35-27(39)24-17-31(16-23(36-44-31)20-7-6-8-22(33)14-20)18-37(24)28(40)26(30(2,3)4)34-25(38)13-19-9-11-43-12-10-19/h5-8,14,19,21,24,26H,1,9-13,15-18H2,2-4H3,(H,34,38)(H,35,39)(H,41,42)/t21-,24+,26-,31-,32-/m1/s1. The van der Waals surface area contributed by atoms with Crippen LogP contribution < -0.4 is 10.6 Å². The van der Waals surface area contributed by atoms with Crippen LogP contribution in [0.15, 0.2) is 42.1 Å².